The number of hydrogen-bond donors (Lipinski definition) is 0. The topological polar surface area (TPSA) is 30.8 Å². The molecule has 1 aliphatic heterocycles. The number of isothiocyanates is 1. The minimum absolute atomic E-state index is 0.0734. The number of alkyl halides is 7. The van der Waals surface area contributed by atoms with E-state index in [1.807, 2.05) is 0 Å². The largest absolute Gasteiger partial charge is 0.507 e. The van der Waals surface area contributed by atoms with Crippen LogP contribution in [0, 0.1) is 0 Å². The zero-order valence-electron chi connectivity index (χ0n) is 9.47. The van der Waals surface area contributed by atoms with Crippen molar-refractivity contribution in [3.63, 3.8) is 0 Å². The molecule has 2 rings (SSSR count). The lowest BCUT2D eigenvalue weighted by Crippen LogP contribution is -2.52. The van der Waals surface area contributed by atoms with Gasteiger partial charge in [0.2, 0.25) is 0 Å². The standard InChI is InChI=1S/C10H2F7NO2S/c11-8(12,13)4-1-6-7(2-5(4)18-3-21)20-10(16,17)9(14,15)19-6/h1-2H. The van der Waals surface area contributed by atoms with E-state index in [0.29, 0.717) is 6.07 Å². The molecule has 0 bridgehead atoms. The first-order valence-corrected chi connectivity index (χ1v) is 5.35. The van der Waals surface area contributed by atoms with E-state index in [-0.39, 0.29) is 6.07 Å². The zero-order chi connectivity index (χ0) is 16.1. The van der Waals surface area contributed by atoms with Crippen molar-refractivity contribution in [3.05, 3.63) is 17.7 Å². The molecule has 0 amide bonds. The smallest absolute Gasteiger partial charge is 0.421 e. The van der Waals surface area contributed by atoms with Crippen LogP contribution < -0.4 is 9.47 Å². The molecule has 0 fully saturated rings. The van der Waals surface area contributed by atoms with Gasteiger partial charge in [-0.2, -0.15) is 35.7 Å². The molecule has 0 aromatic heterocycles. The van der Waals surface area contributed by atoms with Crippen molar-refractivity contribution >= 4 is 23.1 Å². The van der Waals surface area contributed by atoms with E-state index in [2.05, 4.69) is 26.7 Å². The fourth-order valence-corrected chi connectivity index (χ4v) is 1.57. The molecule has 0 saturated heterocycles. The summed E-state index contributed by atoms with van der Waals surface area (Å²) < 4.78 is 97.2. The van der Waals surface area contributed by atoms with E-state index in [0.717, 1.165) is 0 Å². The summed E-state index contributed by atoms with van der Waals surface area (Å²) in [4.78, 5) is 3.04. The average molecular weight is 333 g/mol. The van der Waals surface area contributed by atoms with Gasteiger partial charge >= 0.3 is 18.4 Å². The third-order valence-electron chi connectivity index (χ3n) is 2.35. The van der Waals surface area contributed by atoms with Crippen LogP contribution >= 0.6 is 12.2 Å². The lowest BCUT2D eigenvalue weighted by atomic mass is 10.1. The molecule has 1 aromatic carbocycles. The van der Waals surface area contributed by atoms with Crippen molar-refractivity contribution in [1.82, 2.24) is 0 Å². The summed E-state index contributed by atoms with van der Waals surface area (Å²) in [6, 6.07) is 0.435. The van der Waals surface area contributed by atoms with E-state index < -0.39 is 41.1 Å². The first-order chi connectivity index (χ1) is 9.48. The Labute approximate surface area is 117 Å². The van der Waals surface area contributed by atoms with Crippen molar-refractivity contribution in [2.24, 2.45) is 4.99 Å². The highest BCUT2D eigenvalue weighted by Crippen LogP contribution is 2.50. The van der Waals surface area contributed by atoms with Crippen LogP contribution in [0.2, 0.25) is 0 Å². The lowest BCUT2D eigenvalue weighted by molar-refractivity contribution is -0.391. The van der Waals surface area contributed by atoms with E-state index in [4.69, 9.17) is 0 Å². The van der Waals surface area contributed by atoms with Gasteiger partial charge in [-0.15, -0.1) is 0 Å². The molecular formula is C10H2F7NO2S. The van der Waals surface area contributed by atoms with Crippen LogP contribution in [-0.2, 0) is 6.18 Å². The molecule has 0 saturated carbocycles. The molecule has 0 spiro atoms. The summed E-state index contributed by atoms with van der Waals surface area (Å²) >= 11 is 4.13. The maximum Gasteiger partial charge on any atom is 0.507 e. The summed E-state index contributed by atoms with van der Waals surface area (Å²) in [6.45, 7) is 0. The number of aliphatic imine (C=N–C) groups is 1. The Kier molecular flexibility index (Phi) is 3.37. The number of ether oxygens (including phenoxy) is 2. The quantitative estimate of drug-likeness (QED) is 0.434. The molecule has 114 valence electrons. The van der Waals surface area contributed by atoms with Crippen LogP contribution in [0.15, 0.2) is 17.1 Å². The number of halogens is 7. The molecule has 0 radical (unpaired) electrons. The Bertz CT molecular complexity index is 637. The Morgan fingerprint density at radius 3 is 1.90 bits per heavy atom. The third kappa shape index (κ3) is 2.66. The second kappa shape index (κ2) is 4.57. The predicted molar refractivity (Wildman–Crippen MR) is 57.3 cm³/mol. The van der Waals surface area contributed by atoms with Crippen molar-refractivity contribution in [1.29, 1.82) is 0 Å². The fourth-order valence-electron chi connectivity index (χ4n) is 1.47. The van der Waals surface area contributed by atoms with Crippen molar-refractivity contribution in [2.45, 2.75) is 18.4 Å². The minimum atomic E-state index is -5.11. The maximum atomic E-state index is 12.9. The number of benzene rings is 1. The summed E-state index contributed by atoms with van der Waals surface area (Å²) in [5.74, 6) is -2.22. The fraction of sp³-hybridized carbons (Fsp3) is 0.300. The highest BCUT2D eigenvalue weighted by Gasteiger charge is 2.66. The summed E-state index contributed by atoms with van der Waals surface area (Å²) in [5.41, 5.74) is -2.43. The molecule has 3 nitrogen and oxygen atoms in total. The summed E-state index contributed by atoms with van der Waals surface area (Å²) in [5, 5.41) is 1.62. The summed E-state index contributed by atoms with van der Waals surface area (Å²) in [6.07, 6.45) is -15.2. The minimum Gasteiger partial charge on any atom is -0.421 e. The van der Waals surface area contributed by atoms with Gasteiger partial charge < -0.3 is 9.47 Å². The normalized spacial score (nSPS) is 18.8. The number of nitrogens with zero attached hydrogens (tertiary/aromatic N) is 1. The van der Waals surface area contributed by atoms with Crippen molar-refractivity contribution < 1.29 is 40.2 Å². The molecule has 0 atom stereocenters. The van der Waals surface area contributed by atoms with Crippen LogP contribution in [0.1, 0.15) is 5.56 Å². The number of thiocarbonyl (C=S) groups is 1. The zero-order valence-corrected chi connectivity index (χ0v) is 10.3. The Morgan fingerprint density at radius 2 is 1.48 bits per heavy atom. The van der Waals surface area contributed by atoms with Gasteiger partial charge in [-0.05, 0) is 18.3 Å². The molecule has 11 heteroatoms. The Morgan fingerprint density at radius 1 is 1.00 bits per heavy atom. The number of hydrogen-bond acceptors (Lipinski definition) is 4. The lowest BCUT2D eigenvalue weighted by Gasteiger charge is -2.32. The Hall–Kier alpha value is -1.87. The summed E-state index contributed by atoms with van der Waals surface area (Å²) in [7, 11) is 0. The second-order valence-electron chi connectivity index (χ2n) is 3.75. The van der Waals surface area contributed by atoms with Crippen LogP contribution in [0.25, 0.3) is 0 Å². The van der Waals surface area contributed by atoms with E-state index in [1.54, 1.807) is 5.16 Å². The van der Waals surface area contributed by atoms with Crippen LogP contribution in [0.5, 0.6) is 11.5 Å². The molecule has 21 heavy (non-hydrogen) atoms. The van der Waals surface area contributed by atoms with E-state index in [1.165, 1.54) is 0 Å². The first kappa shape index (κ1) is 15.5. The van der Waals surface area contributed by atoms with Crippen LogP contribution in [0.4, 0.5) is 36.4 Å². The van der Waals surface area contributed by atoms with Gasteiger partial charge in [0.15, 0.2) is 11.5 Å². The highest BCUT2D eigenvalue weighted by atomic mass is 32.1. The number of fused-ring (bicyclic) bond motifs is 1. The van der Waals surface area contributed by atoms with Gasteiger partial charge in [-0.25, -0.2) is 0 Å². The van der Waals surface area contributed by atoms with Gasteiger partial charge in [0.05, 0.1) is 16.4 Å². The molecule has 0 unspecified atom stereocenters. The molecule has 0 N–H and O–H groups in total. The molecule has 1 aromatic rings. The van der Waals surface area contributed by atoms with Crippen molar-refractivity contribution in [2.75, 3.05) is 0 Å². The van der Waals surface area contributed by atoms with E-state index >= 15 is 0 Å². The van der Waals surface area contributed by atoms with E-state index in [9.17, 15) is 30.7 Å². The van der Waals surface area contributed by atoms with Gasteiger partial charge in [-0.1, -0.05) is 0 Å². The highest BCUT2D eigenvalue weighted by molar-refractivity contribution is 7.78. The monoisotopic (exact) mass is 333 g/mol. The SMILES string of the molecule is FC(F)(F)c1cc2c(cc1N=C=S)OC(F)(F)C(F)(F)O2. The molecule has 0 aliphatic carbocycles. The molecule has 1 heterocycles. The van der Waals surface area contributed by atoms with Gasteiger partial charge in [-0.3, -0.25) is 0 Å². The van der Waals surface area contributed by atoms with Crippen LogP contribution in [-0.4, -0.2) is 17.4 Å². The van der Waals surface area contributed by atoms with Gasteiger partial charge in [0, 0.05) is 6.07 Å². The first-order valence-electron chi connectivity index (χ1n) is 4.95. The maximum absolute atomic E-state index is 12.9. The van der Waals surface area contributed by atoms with Gasteiger partial charge in [0.25, 0.3) is 0 Å². The van der Waals surface area contributed by atoms with Crippen molar-refractivity contribution in [3.8, 4) is 11.5 Å². The number of rotatable bonds is 1. The average Bonchev–Trinajstić information content (AvgIpc) is 2.28. The Balaban J connectivity index is 2.64. The van der Waals surface area contributed by atoms with Gasteiger partial charge in [0.1, 0.15) is 0 Å². The molecule has 1 aliphatic rings. The second-order valence-corrected chi connectivity index (χ2v) is 3.94. The molecular weight excluding hydrogens is 331 g/mol. The third-order valence-corrected chi connectivity index (χ3v) is 2.44. The van der Waals surface area contributed by atoms with Crippen LogP contribution in [0.3, 0.4) is 0 Å². The predicted octanol–water partition coefficient (Wildman–Crippen LogP) is 4.40.